The summed E-state index contributed by atoms with van der Waals surface area (Å²) >= 11 is 0. The van der Waals surface area contributed by atoms with Gasteiger partial charge in [0.25, 0.3) is 0 Å². The van der Waals surface area contributed by atoms with Crippen molar-refractivity contribution < 1.29 is 4.79 Å². The van der Waals surface area contributed by atoms with Crippen LogP contribution in [0.5, 0.6) is 0 Å². The summed E-state index contributed by atoms with van der Waals surface area (Å²) in [5.41, 5.74) is 8.66. The van der Waals surface area contributed by atoms with Crippen molar-refractivity contribution in [1.82, 2.24) is 25.9 Å². The molecule has 2 aliphatic rings. The van der Waals surface area contributed by atoms with Crippen LogP contribution in [0.3, 0.4) is 0 Å². The Morgan fingerprint density at radius 2 is 2.04 bits per heavy atom. The molecule has 6 nitrogen and oxygen atoms in total. The summed E-state index contributed by atoms with van der Waals surface area (Å²) in [5.74, 6) is 0.534. The van der Waals surface area contributed by atoms with E-state index in [1.807, 2.05) is 47.4 Å². The number of hydrogen-bond acceptors (Lipinski definition) is 4. The average Bonchev–Trinajstić information content (AvgIpc) is 3.29. The zero-order valence-corrected chi connectivity index (χ0v) is 14.3. The van der Waals surface area contributed by atoms with Gasteiger partial charge in [0.05, 0.1) is 11.9 Å². The molecule has 1 aliphatic heterocycles. The van der Waals surface area contributed by atoms with E-state index in [-0.39, 0.29) is 11.9 Å². The summed E-state index contributed by atoms with van der Waals surface area (Å²) in [6, 6.07) is 10.4. The van der Waals surface area contributed by atoms with Gasteiger partial charge in [-0.1, -0.05) is 31.0 Å². The Balaban J connectivity index is 1.28. The summed E-state index contributed by atoms with van der Waals surface area (Å²) in [7, 11) is 0. The minimum atomic E-state index is -0.0997. The molecular formula is C19H25N5O. The van der Waals surface area contributed by atoms with Crippen LogP contribution in [0.25, 0.3) is 5.69 Å². The maximum atomic E-state index is 12.5. The van der Waals surface area contributed by atoms with Crippen molar-refractivity contribution in [2.45, 2.75) is 44.2 Å². The third-order valence-electron chi connectivity index (χ3n) is 5.32. The van der Waals surface area contributed by atoms with Gasteiger partial charge in [-0.3, -0.25) is 10.2 Å². The van der Waals surface area contributed by atoms with Gasteiger partial charge in [0.1, 0.15) is 6.04 Å². The van der Waals surface area contributed by atoms with Crippen LogP contribution < -0.4 is 16.2 Å². The van der Waals surface area contributed by atoms with Gasteiger partial charge in [-0.25, -0.2) is 10.1 Å². The molecule has 2 aromatic rings. The zero-order chi connectivity index (χ0) is 17.1. The van der Waals surface area contributed by atoms with E-state index in [2.05, 4.69) is 21.3 Å². The van der Waals surface area contributed by atoms with Gasteiger partial charge >= 0.3 is 0 Å². The highest BCUT2D eigenvalue weighted by atomic mass is 16.2. The standard InChI is InChI=1S/C19H25N5O/c25-19(18-16-8-4-5-9-17(16)22-23-18)20-11-10-14-12-21-24(13-14)15-6-2-1-3-7-15/h1-3,6-7,12-13,16-18,22-23H,4-5,8-11H2,(H,20,25). The summed E-state index contributed by atoms with van der Waals surface area (Å²) in [6.45, 7) is 0.634. The van der Waals surface area contributed by atoms with Crippen LogP contribution in [0.1, 0.15) is 31.2 Å². The Bertz CT molecular complexity index is 714. The second kappa shape index (κ2) is 7.37. The first-order chi connectivity index (χ1) is 12.3. The van der Waals surface area contributed by atoms with E-state index in [1.54, 1.807) is 0 Å². The first-order valence-corrected chi connectivity index (χ1v) is 9.19. The number of amides is 1. The molecule has 132 valence electrons. The lowest BCUT2D eigenvalue weighted by atomic mass is 9.81. The molecule has 2 heterocycles. The van der Waals surface area contributed by atoms with Crippen LogP contribution in [-0.4, -0.2) is 34.3 Å². The summed E-state index contributed by atoms with van der Waals surface area (Å²) in [5, 5.41) is 7.47. The van der Waals surface area contributed by atoms with Crippen molar-refractivity contribution in [3.05, 3.63) is 48.3 Å². The minimum Gasteiger partial charge on any atom is -0.354 e. The van der Waals surface area contributed by atoms with Crippen LogP contribution in [0, 0.1) is 5.92 Å². The number of carbonyl (C=O) groups excluding carboxylic acids is 1. The highest BCUT2D eigenvalue weighted by molar-refractivity contribution is 5.82. The second-order valence-corrected chi connectivity index (χ2v) is 6.99. The number of benzene rings is 1. The fourth-order valence-electron chi connectivity index (χ4n) is 3.95. The van der Waals surface area contributed by atoms with Crippen molar-refractivity contribution >= 4 is 5.91 Å². The fourth-order valence-corrected chi connectivity index (χ4v) is 3.95. The molecule has 1 aliphatic carbocycles. The Morgan fingerprint density at radius 1 is 1.20 bits per heavy atom. The van der Waals surface area contributed by atoms with Crippen LogP contribution in [-0.2, 0) is 11.2 Å². The van der Waals surface area contributed by atoms with E-state index < -0.39 is 0 Å². The number of nitrogens with zero attached hydrogens (tertiary/aromatic N) is 2. The summed E-state index contributed by atoms with van der Waals surface area (Å²) in [4.78, 5) is 12.5. The molecule has 0 bridgehead atoms. The van der Waals surface area contributed by atoms with Gasteiger partial charge in [0.2, 0.25) is 5.91 Å². The predicted octanol–water partition coefficient (Wildman–Crippen LogP) is 1.57. The molecule has 1 saturated carbocycles. The highest BCUT2D eigenvalue weighted by Gasteiger charge is 2.40. The van der Waals surface area contributed by atoms with Gasteiger partial charge in [0.15, 0.2) is 0 Å². The van der Waals surface area contributed by atoms with E-state index in [1.165, 1.54) is 19.3 Å². The molecule has 1 aromatic heterocycles. The number of hydrazine groups is 1. The van der Waals surface area contributed by atoms with Crippen LogP contribution in [0.2, 0.25) is 0 Å². The van der Waals surface area contributed by atoms with E-state index in [0.29, 0.717) is 18.5 Å². The fraction of sp³-hybridized carbons (Fsp3) is 0.474. The summed E-state index contributed by atoms with van der Waals surface area (Å²) < 4.78 is 1.87. The van der Waals surface area contributed by atoms with Crippen LogP contribution in [0.4, 0.5) is 0 Å². The monoisotopic (exact) mass is 339 g/mol. The number of fused-ring (bicyclic) bond motifs is 1. The second-order valence-electron chi connectivity index (χ2n) is 6.99. The van der Waals surface area contributed by atoms with Crippen molar-refractivity contribution in [3.8, 4) is 5.69 Å². The molecule has 3 atom stereocenters. The first-order valence-electron chi connectivity index (χ1n) is 9.19. The number of hydrogen-bond donors (Lipinski definition) is 3. The molecule has 0 spiro atoms. The summed E-state index contributed by atoms with van der Waals surface area (Å²) in [6.07, 6.45) is 9.46. The maximum absolute atomic E-state index is 12.5. The number of aromatic nitrogens is 2. The Labute approximate surface area is 148 Å². The van der Waals surface area contributed by atoms with Gasteiger partial charge in [-0.05, 0) is 37.0 Å². The third kappa shape index (κ3) is 3.60. The van der Waals surface area contributed by atoms with E-state index >= 15 is 0 Å². The lowest BCUT2D eigenvalue weighted by Gasteiger charge is -2.26. The molecular weight excluding hydrogens is 314 g/mol. The van der Waals surface area contributed by atoms with E-state index in [0.717, 1.165) is 24.1 Å². The van der Waals surface area contributed by atoms with Gasteiger partial charge in [-0.15, -0.1) is 0 Å². The smallest absolute Gasteiger partial charge is 0.238 e. The molecule has 3 unspecified atom stereocenters. The molecule has 4 rings (SSSR count). The molecule has 1 aromatic carbocycles. The van der Waals surface area contributed by atoms with Crippen LogP contribution >= 0.6 is 0 Å². The molecule has 25 heavy (non-hydrogen) atoms. The van der Waals surface area contributed by atoms with E-state index in [9.17, 15) is 4.79 Å². The Morgan fingerprint density at radius 3 is 2.92 bits per heavy atom. The maximum Gasteiger partial charge on any atom is 0.238 e. The molecule has 1 saturated heterocycles. The predicted molar refractivity (Wildman–Crippen MR) is 96.1 cm³/mol. The number of para-hydroxylation sites is 1. The van der Waals surface area contributed by atoms with Crippen molar-refractivity contribution in [1.29, 1.82) is 0 Å². The number of carbonyl (C=O) groups is 1. The number of rotatable bonds is 5. The van der Waals surface area contributed by atoms with Gasteiger partial charge < -0.3 is 5.32 Å². The van der Waals surface area contributed by atoms with Gasteiger partial charge in [0, 0.05) is 24.7 Å². The SMILES string of the molecule is O=C(NCCc1cnn(-c2ccccc2)c1)C1NNC2CCCCC21. The Hall–Kier alpha value is -2.18. The van der Waals surface area contributed by atoms with Crippen molar-refractivity contribution in [3.63, 3.8) is 0 Å². The highest BCUT2D eigenvalue weighted by Crippen LogP contribution is 2.30. The van der Waals surface area contributed by atoms with Gasteiger partial charge in [-0.2, -0.15) is 5.10 Å². The topological polar surface area (TPSA) is 71.0 Å². The third-order valence-corrected chi connectivity index (χ3v) is 5.32. The lowest BCUT2D eigenvalue weighted by molar-refractivity contribution is -0.123. The minimum absolute atomic E-state index is 0.0997. The molecule has 0 radical (unpaired) electrons. The average molecular weight is 339 g/mol. The molecule has 6 heteroatoms. The quantitative estimate of drug-likeness (QED) is 0.773. The number of nitrogens with one attached hydrogen (secondary N) is 3. The normalized spacial score (nSPS) is 25.5. The molecule has 1 amide bonds. The van der Waals surface area contributed by atoms with Crippen LogP contribution in [0.15, 0.2) is 42.7 Å². The molecule has 3 N–H and O–H groups in total. The zero-order valence-electron chi connectivity index (χ0n) is 14.3. The molecule has 2 fully saturated rings. The van der Waals surface area contributed by atoms with E-state index in [4.69, 9.17) is 0 Å². The van der Waals surface area contributed by atoms with Crippen molar-refractivity contribution in [2.24, 2.45) is 5.92 Å². The Kier molecular flexibility index (Phi) is 4.81. The first kappa shape index (κ1) is 16.3. The largest absolute Gasteiger partial charge is 0.354 e. The van der Waals surface area contributed by atoms with Crippen molar-refractivity contribution in [2.75, 3.05) is 6.54 Å². The lowest BCUT2D eigenvalue weighted by Crippen LogP contribution is -2.46.